The lowest BCUT2D eigenvalue weighted by Gasteiger charge is -2.19. The van der Waals surface area contributed by atoms with Gasteiger partial charge in [0.15, 0.2) is 0 Å². The first-order valence-corrected chi connectivity index (χ1v) is 9.96. The number of methoxy groups -OCH3 is 1. The number of thiophene rings is 1. The number of rotatable bonds is 7. The van der Waals surface area contributed by atoms with E-state index < -0.39 is 23.5 Å². The third-order valence-corrected chi connectivity index (χ3v) is 5.41. The van der Waals surface area contributed by atoms with E-state index in [-0.39, 0.29) is 10.9 Å². The summed E-state index contributed by atoms with van der Waals surface area (Å²) in [6.45, 7) is 3.54. The highest BCUT2D eigenvalue weighted by molar-refractivity contribution is 7.17. The highest BCUT2D eigenvalue weighted by Gasteiger charge is 2.25. The number of carboxylic acids is 1. The molecule has 0 radical (unpaired) electrons. The van der Waals surface area contributed by atoms with E-state index in [1.54, 1.807) is 38.3 Å². The number of nitrogens with one attached hydrogen (secondary N) is 1. The summed E-state index contributed by atoms with van der Waals surface area (Å²) in [5, 5.41) is 13.6. The first-order chi connectivity index (χ1) is 13.9. The summed E-state index contributed by atoms with van der Waals surface area (Å²) in [5.41, 5.74) is -0.0555. The van der Waals surface area contributed by atoms with Crippen molar-refractivity contribution in [2.45, 2.75) is 32.7 Å². The molecule has 0 fully saturated rings. The van der Waals surface area contributed by atoms with E-state index in [2.05, 4.69) is 10.3 Å². The molecule has 2 heterocycles. The fraction of sp³-hybridized carbons (Fsp3) is 0.300. The van der Waals surface area contributed by atoms with Crippen LogP contribution in [0.2, 0.25) is 0 Å². The van der Waals surface area contributed by atoms with E-state index in [0.29, 0.717) is 28.5 Å². The van der Waals surface area contributed by atoms with Crippen molar-refractivity contribution in [1.29, 1.82) is 0 Å². The van der Waals surface area contributed by atoms with Crippen LogP contribution < -0.4 is 15.6 Å². The fourth-order valence-corrected chi connectivity index (χ4v) is 3.96. The topological polar surface area (TPSA) is 111 Å². The largest absolute Gasteiger partial charge is 0.497 e. The lowest BCUT2D eigenvalue weighted by molar-refractivity contribution is -0.118. The second-order valence-electron chi connectivity index (χ2n) is 6.48. The van der Waals surface area contributed by atoms with Gasteiger partial charge in [-0.1, -0.05) is 6.92 Å². The molecule has 2 aromatic heterocycles. The second-order valence-corrected chi connectivity index (χ2v) is 7.34. The maximum absolute atomic E-state index is 13.2. The minimum atomic E-state index is -1.19. The molecule has 0 aliphatic heterocycles. The molecule has 29 heavy (non-hydrogen) atoms. The normalized spacial score (nSPS) is 12.0. The summed E-state index contributed by atoms with van der Waals surface area (Å²) in [7, 11) is 1.55. The quantitative estimate of drug-likeness (QED) is 0.612. The number of carbonyl (C=O) groups is 2. The smallest absolute Gasteiger partial charge is 0.337 e. The monoisotopic (exact) mass is 415 g/mol. The summed E-state index contributed by atoms with van der Waals surface area (Å²) in [5.74, 6) is -0.477. The minimum Gasteiger partial charge on any atom is -0.497 e. The number of aromatic nitrogens is 2. The molecule has 0 saturated carbocycles. The molecule has 8 nitrogen and oxygen atoms in total. The molecule has 0 saturated heterocycles. The third-order valence-electron chi connectivity index (χ3n) is 4.54. The van der Waals surface area contributed by atoms with E-state index in [0.717, 1.165) is 17.8 Å². The van der Waals surface area contributed by atoms with Gasteiger partial charge in [-0.3, -0.25) is 14.2 Å². The SMILES string of the molecule is CCCc1nc2scc(C(=O)O)c2c(=O)n1C(C)C(=O)Nc1ccc(OC)cc1. The summed E-state index contributed by atoms with van der Waals surface area (Å²) in [6.07, 6.45) is 1.22. The molecule has 1 aromatic carbocycles. The number of amides is 1. The zero-order chi connectivity index (χ0) is 21.1. The molecule has 3 rings (SSSR count). The van der Waals surface area contributed by atoms with E-state index >= 15 is 0 Å². The molecule has 2 N–H and O–H groups in total. The van der Waals surface area contributed by atoms with Crippen LogP contribution in [0.15, 0.2) is 34.4 Å². The molecule has 152 valence electrons. The van der Waals surface area contributed by atoms with Crippen LogP contribution in [-0.4, -0.2) is 33.6 Å². The predicted octanol–water partition coefficient (Wildman–Crippen LogP) is 3.32. The maximum Gasteiger partial charge on any atom is 0.337 e. The number of aryl methyl sites for hydroxylation is 1. The molecule has 0 aliphatic carbocycles. The summed E-state index contributed by atoms with van der Waals surface area (Å²) in [4.78, 5) is 42.3. The Balaban J connectivity index is 2.03. The molecular weight excluding hydrogens is 394 g/mol. The highest BCUT2D eigenvalue weighted by atomic mass is 32.1. The van der Waals surface area contributed by atoms with Gasteiger partial charge < -0.3 is 15.2 Å². The van der Waals surface area contributed by atoms with Crippen LogP contribution in [0.1, 0.15) is 42.5 Å². The Bertz CT molecular complexity index is 1120. The van der Waals surface area contributed by atoms with E-state index in [9.17, 15) is 19.5 Å². The van der Waals surface area contributed by atoms with Gasteiger partial charge >= 0.3 is 5.97 Å². The number of hydrogen-bond acceptors (Lipinski definition) is 6. The molecule has 0 spiro atoms. The lowest BCUT2D eigenvalue weighted by Crippen LogP contribution is -2.34. The Hall–Kier alpha value is -3.20. The molecule has 9 heteroatoms. The predicted molar refractivity (Wildman–Crippen MR) is 111 cm³/mol. The van der Waals surface area contributed by atoms with Crippen molar-refractivity contribution in [2.75, 3.05) is 12.4 Å². The van der Waals surface area contributed by atoms with Crippen molar-refractivity contribution in [3.63, 3.8) is 0 Å². The number of hydrogen-bond donors (Lipinski definition) is 2. The number of nitrogens with zero attached hydrogens (tertiary/aromatic N) is 2. The van der Waals surface area contributed by atoms with Crippen molar-refractivity contribution in [3.05, 3.63) is 51.4 Å². The third kappa shape index (κ3) is 4.00. The second kappa shape index (κ2) is 8.44. The number of aromatic carboxylic acids is 1. The standard InChI is InChI=1S/C20H21N3O5S/c1-4-5-15-22-18-16(14(10-29-18)20(26)27)19(25)23(15)11(2)17(24)21-12-6-8-13(28-3)9-7-12/h6-11H,4-5H2,1-3H3,(H,21,24)(H,26,27). The maximum atomic E-state index is 13.2. The van der Waals surface area contributed by atoms with Gasteiger partial charge in [0.05, 0.1) is 18.1 Å². The van der Waals surface area contributed by atoms with Crippen LogP contribution in [0.3, 0.4) is 0 Å². The molecule has 1 atom stereocenters. The molecule has 0 aliphatic rings. The van der Waals surface area contributed by atoms with Gasteiger partial charge in [0.1, 0.15) is 22.4 Å². The van der Waals surface area contributed by atoms with Crippen LogP contribution in [-0.2, 0) is 11.2 Å². The van der Waals surface area contributed by atoms with Gasteiger partial charge in [0.2, 0.25) is 5.91 Å². The first-order valence-electron chi connectivity index (χ1n) is 9.08. The minimum absolute atomic E-state index is 0.0338. The number of carboxylic acid groups (broad SMARTS) is 1. The summed E-state index contributed by atoms with van der Waals surface area (Å²) in [6, 6.07) is 5.95. The first kappa shape index (κ1) is 20.5. The Labute approximate surface area is 170 Å². The zero-order valence-corrected chi connectivity index (χ0v) is 17.1. The van der Waals surface area contributed by atoms with Crippen molar-refractivity contribution in [3.8, 4) is 5.75 Å². The zero-order valence-electron chi connectivity index (χ0n) is 16.3. The molecule has 0 bridgehead atoms. The highest BCUT2D eigenvalue weighted by Crippen LogP contribution is 2.24. The van der Waals surface area contributed by atoms with Crippen molar-refractivity contribution < 1.29 is 19.4 Å². The number of anilines is 1. The van der Waals surface area contributed by atoms with E-state index in [1.165, 1.54) is 9.95 Å². The molecule has 1 unspecified atom stereocenters. The lowest BCUT2D eigenvalue weighted by atomic mass is 10.2. The Kier molecular flexibility index (Phi) is 5.97. The number of ether oxygens (including phenoxy) is 1. The Morgan fingerprint density at radius 1 is 1.31 bits per heavy atom. The van der Waals surface area contributed by atoms with Gasteiger partial charge in [-0.15, -0.1) is 11.3 Å². The van der Waals surface area contributed by atoms with Crippen molar-refractivity contribution >= 4 is 39.1 Å². The average Bonchev–Trinajstić information content (AvgIpc) is 3.13. The number of carbonyl (C=O) groups excluding carboxylic acids is 1. The van der Waals surface area contributed by atoms with Crippen LogP contribution in [0, 0.1) is 0 Å². The van der Waals surface area contributed by atoms with Crippen LogP contribution in [0.25, 0.3) is 10.2 Å². The van der Waals surface area contributed by atoms with Gasteiger partial charge in [-0.05, 0) is 37.6 Å². The van der Waals surface area contributed by atoms with Crippen LogP contribution >= 0.6 is 11.3 Å². The van der Waals surface area contributed by atoms with Crippen LogP contribution in [0.5, 0.6) is 5.75 Å². The Morgan fingerprint density at radius 2 is 2.00 bits per heavy atom. The van der Waals surface area contributed by atoms with Gasteiger partial charge in [-0.25, -0.2) is 9.78 Å². The van der Waals surface area contributed by atoms with Crippen molar-refractivity contribution in [1.82, 2.24) is 9.55 Å². The van der Waals surface area contributed by atoms with E-state index in [4.69, 9.17) is 4.74 Å². The molecular formula is C20H21N3O5S. The average molecular weight is 415 g/mol. The van der Waals surface area contributed by atoms with Gasteiger partial charge in [-0.2, -0.15) is 0 Å². The summed E-state index contributed by atoms with van der Waals surface area (Å²) >= 11 is 1.11. The molecule has 3 aromatic rings. The number of fused-ring (bicyclic) bond motifs is 1. The van der Waals surface area contributed by atoms with Crippen molar-refractivity contribution in [2.24, 2.45) is 0 Å². The molecule has 1 amide bonds. The van der Waals surface area contributed by atoms with E-state index in [1.807, 2.05) is 6.92 Å². The fourth-order valence-electron chi connectivity index (χ4n) is 3.04. The van der Waals surface area contributed by atoms with Gasteiger partial charge in [0.25, 0.3) is 5.56 Å². The number of benzene rings is 1. The Morgan fingerprint density at radius 3 is 2.59 bits per heavy atom. The van der Waals surface area contributed by atoms with Crippen LogP contribution in [0.4, 0.5) is 5.69 Å². The summed E-state index contributed by atoms with van der Waals surface area (Å²) < 4.78 is 6.40. The van der Waals surface area contributed by atoms with Gasteiger partial charge in [0, 0.05) is 17.5 Å².